The largest absolute Gasteiger partial charge is 0.372 e. The number of hydrogen-bond acceptors (Lipinski definition) is 5. The molecule has 1 heterocycles. The lowest BCUT2D eigenvalue weighted by atomic mass is 10.5. The van der Waals surface area contributed by atoms with Crippen LogP contribution in [0.2, 0.25) is 0 Å². The fourth-order valence-corrected chi connectivity index (χ4v) is 2.27. The second-order valence-electron chi connectivity index (χ2n) is 3.10. The number of rotatable bonds is 5. The topological polar surface area (TPSA) is 100 Å². The summed E-state index contributed by atoms with van der Waals surface area (Å²) in [6.45, 7) is -0.309. The Morgan fingerprint density at radius 1 is 1.41 bits per heavy atom. The van der Waals surface area contributed by atoms with Gasteiger partial charge in [-0.3, -0.25) is 4.79 Å². The van der Waals surface area contributed by atoms with E-state index in [4.69, 9.17) is 0 Å². The highest BCUT2D eigenvalue weighted by Gasteiger charge is 2.19. The van der Waals surface area contributed by atoms with Crippen LogP contribution in [-0.4, -0.2) is 39.9 Å². The van der Waals surface area contributed by atoms with Gasteiger partial charge in [-0.25, -0.2) is 18.1 Å². The number of sulfonamides is 1. The van der Waals surface area contributed by atoms with Gasteiger partial charge in [0.05, 0.1) is 6.54 Å². The van der Waals surface area contributed by atoms with Gasteiger partial charge in [-0.15, -0.1) is 0 Å². The first kappa shape index (κ1) is 13.4. The molecule has 0 saturated heterocycles. The zero-order chi connectivity index (χ0) is 12.9. The van der Waals surface area contributed by atoms with E-state index in [-0.39, 0.29) is 17.3 Å². The van der Waals surface area contributed by atoms with Gasteiger partial charge in [0.25, 0.3) is 0 Å². The number of aromatic nitrogens is 1. The highest BCUT2D eigenvalue weighted by atomic mass is 32.2. The monoisotopic (exact) mass is 258 g/mol. The van der Waals surface area contributed by atoms with E-state index < -0.39 is 15.9 Å². The molecular formula is C9H14N4O3S. The minimum absolute atomic E-state index is 0.00593. The lowest BCUT2D eigenvalue weighted by Gasteiger charge is -2.09. The minimum atomic E-state index is -3.74. The SMILES string of the molecule is CNC(=O)CNS(=O)(=O)c1cccnc1NC. The first-order valence-corrected chi connectivity index (χ1v) is 6.32. The van der Waals surface area contributed by atoms with Crippen LogP contribution in [0.1, 0.15) is 0 Å². The number of anilines is 1. The molecule has 8 heteroatoms. The number of pyridine rings is 1. The Balaban J connectivity index is 2.93. The molecule has 1 rings (SSSR count). The molecule has 3 N–H and O–H groups in total. The number of carbonyl (C=O) groups excluding carboxylic acids is 1. The third-order valence-electron chi connectivity index (χ3n) is 2.00. The molecular weight excluding hydrogens is 244 g/mol. The third kappa shape index (κ3) is 3.40. The van der Waals surface area contributed by atoms with Crippen molar-refractivity contribution in [2.75, 3.05) is 26.0 Å². The number of nitrogens with zero attached hydrogens (tertiary/aromatic N) is 1. The summed E-state index contributed by atoms with van der Waals surface area (Å²) in [6.07, 6.45) is 1.48. The van der Waals surface area contributed by atoms with Crippen molar-refractivity contribution in [1.29, 1.82) is 0 Å². The van der Waals surface area contributed by atoms with E-state index in [1.54, 1.807) is 7.05 Å². The quantitative estimate of drug-likeness (QED) is 0.638. The Morgan fingerprint density at radius 3 is 2.71 bits per heavy atom. The fraction of sp³-hybridized carbons (Fsp3) is 0.333. The molecule has 0 fully saturated rings. The summed E-state index contributed by atoms with van der Waals surface area (Å²) in [5, 5.41) is 4.99. The smallest absolute Gasteiger partial charge is 0.244 e. The summed E-state index contributed by atoms with van der Waals surface area (Å²) in [5.74, 6) is -0.180. The molecule has 1 aromatic heterocycles. The molecule has 0 saturated carbocycles. The van der Waals surface area contributed by atoms with Gasteiger partial charge < -0.3 is 10.6 Å². The van der Waals surface area contributed by atoms with Crippen LogP contribution in [0.5, 0.6) is 0 Å². The molecule has 0 bridgehead atoms. The Hall–Kier alpha value is -1.67. The van der Waals surface area contributed by atoms with Crippen molar-refractivity contribution in [3.63, 3.8) is 0 Å². The number of likely N-dealkylation sites (N-methyl/N-ethyl adjacent to an activating group) is 1. The van der Waals surface area contributed by atoms with Gasteiger partial charge in [0.2, 0.25) is 15.9 Å². The molecule has 17 heavy (non-hydrogen) atoms. The lowest BCUT2D eigenvalue weighted by molar-refractivity contribution is -0.119. The van der Waals surface area contributed by atoms with Crippen LogP contribution in [0, 0.1) is 0 Å². The summed E-state index contributed by atoms with van der Waals surface area (Å²) in [7, 11) is -0.744. The molecule has 0 radical (unpaired) electrons. The van der Waals surface area contributed by atoms with Crippen molar-refractivity contribution in [1.82, 2.24) is 15.0 Å². The Bertz CT molecular complexity index is 501. The van der Waals surface area contributed by atoms with E-state index in [2.05, 4.69) is 20.3 Å². The van der Waals surface area contributed by atoms with E-state index >= 15 is 0 Å². The molecule has 0 atom stereocenters. The molecule has 7 nitrogen and oxygen atoms in total. The van der Waals surface area contributed by atoms with Crippen molar-refractivity contribution in [3.05, 3.63) is 18.3 Å². The second kappa shape index (κ2) is 5.60. The van der Waals surface area contributed by atoms with E-state index in [9.17, 15) is 13.2 Å². The first-order valence-electron chi connectivity index (χ1n) is 4.84. The molecule has 1 aromatic rings. The standard InChI is InChI=1S/C9H14N4O3S/c1-10-8(14)6-13-17(15,16)7-4-3-5-12-9(7)11-2/h3-5,13H,6H2,1-2H3,(H,10,14)(H,11,12). The molecule has 0 unspecified atom stereocenters. The van der Waals surface area contributed by atoms with E-state index in [1.807, 2.05) is 0 Å². The van der Waals surface area contributed by atoms with Gasteiger partial charge in [0, 0.05) is 20.3 Å². The first-order chi connectivity index (χ1) is 8.01. The molecule has 0 spiro atoms. The highest BCUT2D eigenvalue weighted by Crippen LogP contribution is 2.16. The average molecular weight is 258 g/mol. The van der Waals surface area contributed by atoms with Crippen molar-refractivity contribution >= 4 is 21.7 Å². The average Bonchev–Trinajstić information content (AvgIpc) is 2.35. The predicted molar refractivity (Wildman–Crippen MR) is 63.0 cm³/mol. The molecule has 0 aliphatic carbocycles. The third-order valence-corrected chi connectivity index (χ3v) is 3.43. The van der Waals surface area contributed by atoms with Crippen LogP contribution in [0.25, 0.3) is 0 Å². The number of hydrogen-bond donors (Lipinski definition) is 3. The van der Waals surface area contributed by atoms with E-state index in [0.717, 1.165) is 0 Å². The second-order valence-corrected chi connectivity index (χ2v) is 4.83. The summed E-state index contributed by atoms with van der Waals surface area (Å²) >= 11 is 0. The normalized spacial score (nSPS) is 10.9. The van der Waals surface area contributed by atoms with Crippen LogP contribution in [0.3, 0.4) is 0 Å². The molecule has 0 aromatic carbocycles. The van der Waals surface area contributed by atoms with Crippen LogP contribution < -0.4 is 15.4 Å². The Kier molecular flexibility index (Phi) is 4.41. The van der Waals surface area contributed by atoms with Gasteiger partial charge in [0.15, 0.2) is 0 Å². The van der Waals surface area contributed by atoms with Gasteiger partial charge in [-0.2, -0.15) is 0 Å². The Morgan fingerprint density at radius 2 is 2.12 bits per heavy atom. The maximum absolute atomic E-state index is 11.9. The van der Waals surface area contributed by atoms with Gasteiger partial charge >= 0.3 is 0 Å². The maximum atomic E-state index is 11.9. The molecule has 1 amide bonds. The predicted octanol–water partition coefficient (Wildman–Crippen LogP) is -0.852. The van der Waals surface area contributed by atoms with Crippen molar-refractivity contribution in [2.45, 2.75) is 4.90 Å². The van der Waals surface area contributed by atoms with E-state index in [1.165, 1.54) is 25.4 Å². The summed E-state index contributed by atoms with van der Waals surface area (Å²) in [5.41, 5.74) is 0. The van der Waals surface area contributed by atoms with Crippen LogP contribution >= 0.6 is 0 Å². The summed E-state index contributed by atoms with van der Waals surface area (Å²) in [4.78, 5) is 14.9. The van der Waals surface area contributed by atoms with Crippen LogP contribution in [0.15, 0.2) is 23.2 Å². The van der Waals surface area contributed by atoms with E-state index in [0.29, 0.717) is 0 Å². The van der Waals surface area contributed by atoms with Gasteiger partial charge in [-0.05, 0) is 12.1 Å². The number of carbonyl (C=O) groups is 1. The van der Waals surface area contributed by atoms with Gasteiger partial charge in [0.1, 0.15) is 10.7 Å². The van der Waals surface area contributed by atoms with Gasteiger partial charge in [-0.1, -0.05) is 0 Å². The zero-order valence-corrected chi connectivity index (χ0v) is 10.3. The lowest BCUT2D eigenvalue weighted by Crippen LogP contribution is -2.35. The van der Waals surface area contributed by atoms with Crippen molar-refractivity contribution in [2.24, 2.45) is 0 Å². The number of amides is 1. The van der Waals surface area contributed by atoms with Crippen molar-refractivity contribution < 1.29 is 13.2 Å². The molecule has 0 aliphatic rings. The van der Waals surface area contributed by atoms with Crippen molar-refractivity contribution in [3.8, 4) is 0 Å². The zero-order valence-electron chi connectivity index (χ0n) is 9.52. The molecule has 0 aliphatic heterocycles. The summed E-state index contributed by atoms with van der Waals surface area (Å²) < 4.78 is 25.9. The highest BCUT2D eigenvalue weighted by molar-refractivity contribution is 7.89. The maximum Gasteiger partial charge on any atom is 0.244 e. The molecule has 94 valence electrons. The Labute approximate surface area is 99.7 Å². The van der Waals surface area contributed by atoms with Crippen LogP contribution in [-0.2, 0) is 14.8 Å². The van der Waals surface area contributed by atoms with Crippen LogP contribution in [0.4, 0.5) is 5.82 Å². The minimum Gasteiger partial charge on any atom is -0.372 e. The fourth-order valence-electron chi connectivity index (χ4n) is 1.12. The summed E-state index contributed by atoms with van der Waals surface area (Å²) in [6, 6.07) is 2.92. The number of nitrogens with one attached hydrogen (secondary N) is 3.